The maximum absolute atomic E-state index is 12.5. The Morgan fingerprint density at radius 2 is 2.13 bits per heavy atom. The van der Waals surface area contributed by atoms with E-state index < -0.39 is 16.4 Å². The number of nitro benzene ring substituents is 1. The molecule has 0 heterocycles. The van der Waals surface area contributed by atoms with Gasteiger partial charge in [0.1, 0.15) is 11.2 Å². The summed E-state index contributed by atoms with van der Waals surface area (Å²) in [6.07, 6.45) is 3.76. The number of anilines is 1. The van der Waals surface area contributed by atoms with Crippen molar-refractivity contribution in [2.24, 2.45) is 5.92 Å². The van der Waals surface area contributed by atoms with E-state index in [1.807, 2.05) is 13.8 Å². The first-order valence-corrected chi connectivity index (χ1v) is 7.60. The van der Waals surface area contributed by atoms with Gasteiger partial charge < -0.3 is 10.1 Å². The highest BCUT2D eigenvalue weighted by Gasteiger charge is 2.43. The van der Waals surface area contributed by atoms with E-state index in [1.54, 1.807) is 24.3 Å². The first-order valence-electron chi connectivity index (χ1n) is 7.60. The fourth-order valence-corrected chi connectivity index (χ4v) is 2.57. The number of ether oxygens (including phenoxy) is 1. The van der Waals surface area contributed by atoms with E-state index in [1.165, 1.54) is 13.2 Å². The molecule has 1 aromatic carbocycles. The van der Waals surface area contributed by atoms with Gasteiger partial charge in [0, 0.05) is 6.07 Å². The van der Waals surface area contributed by atoms with Crippen molar-refractivity contribution in [1.82, 2.24) is 0 Å². The van der Waals surface area contributed by atoms with Crippen LogP contribution in [0.3, 0.4) is 0 Å². The van der Waals surface area contributed by atoms with E-state index in [2.05, 4.69) is 11.9 Å². The number of allylic oxidation sites excluding steroid dienone is 1. The standard InChI is InChI=1S/C17H24N2O4/c1-5-6-9-12-17(13(2)3,16(20)23-4)18-14-10-7-8-11-15(14)19(21)22/h5,7-8,10-11,13,18H,1,6,9,12H2,2-4H3. The lowest BCUT2D eigenvalue weighted by Gasteiger charge is -2.36. The molecular weight excluding hydrogens is 296 g/mol. The number of hydrogen-bond donors (Lipinski definition) is 1. The number of methoxy groups -OCH3 is 1. The zero-order chi connectivity index (χ0) is 17.5. The summed E-state index contributed by atoms with van der Waals surface area (Å²) in [7, 11) is 1.33. The van der Waals surface area contributed by atoms with Crippen molar-refractivity contribution < 1.29 is 14.5 Å². The molecule has 0 aliphatic carbocycles. The average Bonchev–Trinajstić information content (AvgIpc) is 2.53. The number of esters is 1. The van der Waals surface area contributed by atoms with Crippen LogP contribution >= 0.6 is 0 Å². The van der Waals surface area contributed by atoms with Crippen molar-refractivity contribution in [2.75, 3.05) is 12.4 Å². The van der Waals surface area contributed by atoms with Gasteiger partial charge >= 0.3 is 5.97 Å². The van der Waals surface area contributed by atoms with E-state index >= 15 is 0 Å². The Kier molecular flexibility index (Phi) is 6.75. The summed E-state index contributed by atoms with van der Waals surface area (Å²) in [5, 5.41) is 14.3. The lowest BCUT2D eigenvalue weighted by Crippen LogP contribution is -2.51. The first-order chi connectivity index (χ1) is 10.9. The highest BCUT2D eigenvalue weighted by Crippen LogP contribution is 2.34. The number of nitrogens with zero attached hydrogens (tertiary/aromatic N) is 1. The Balaban J connectivity index is 3.26. The van der Waals surface area contributed by atoms with E-state index in [-0.39, 0.29) is 11.6 Å². The van der Waals surface area contributed by atoms with E-state index in [0.29, 0.717) is 12.1 Å². The molecule has 0 bridgehead atoms. The summed E-state index contributed by atoms with van der Waals surface area (Å²) in [4.78, 5) is 23.2. The summed E-state index contributed by atoms with van der Waals surface area (Å²) in [5.41, 5.74) is -0.774. The first kappa shape index (κ1) is 18.7. The van der Waals surface area contributed by atoms with Crippen molar-refractivity contribution in [1.29, 1.82) is 0 Å². The topological polar surface area (TPSA) is 81.5 Å². The molecule has 0 aliphatic heterocycles. The van der Waals surface area contributed by atoms with Gasteiger partial charge in [0.2, 0.25) is 0 Å². The molecule has 0 saturated heterocycles. The van der Waals surface area contributed by atoms with Crippen LogP contribution in [-0.2, 0) is 9.53 Å². The number of para-hydroxylation sites is 2. The van der Waals surface area contributed by atoms with Gasteiger partial charge in [0.05, 0.1) is 12.0 Å². The molecule has 23 heavy (non-hydrogen) atoms. The SMILES string of the molecule is C=CCCCC(Nc1ccccc1[N+](=O)[O-])(C(=O)OC)C(C)C. The highest BCUT2D eigenvalue weighted by molar-refractivity contribution is 5.86. The summed E-state index contributed by atoms with van der Waals surface area (Å²) < 4.78 is 4.98. The fraction of sp³-hybridized carbons (Fsp3) is 0.471. The zero-order valence-electron chi connectivity index (χ0n) is 13.9. The van der Waals surface area contributed by atoms with Gasteiger partial charge in [0.15, 0.2) is 0 Å². The predicted octanol–water partition coefficient (Wildman–Crippen LogP) is 3.93. The second-order valence-corrected chi connectivity index (χ2v) is 5.70. The maximum Gasteiger partial charge on any atom is 0.331 e. The van der Waals surface area contributed by atoms with Crippen LogP contribution in [0.1, 0.15) is 33.1 Å². The third-order valence-corrected chi connectivity index (χ3v) is 3.97. The van der Waals surface area contributed by atoms with E-state index in [9.17, 15) is 14.9 Å². The minimum absolute atomic E-state index is 0.0647. The third kappa shape index (κ3) is 4.31. The number of nitro groups is 1. The number of carbonyl (C=O) groups excluding carboxylic acids is 1. The second-order valence-electron chi connectivity index (χ2n) is 5.70. The second kappa shape index (κ2) is 8.31. The third-order valence-electron chi connectivity index (χ3n) is 3.97. The van der Waals surface area contributed by atoms with Crippen LogP contribution in [0, 0.1) is 16.0 Å². The van der Waals surface area contributed by atoms with E-state index in [4.69, 9.17) is 4.74 Å². The Hall–Kier alpha value is -2.37. The molecule has 0 saturated carbocycles. The Labute approximate surface area is 136 Å². The summed E-state index contributed by atoms with van der Waals surface area (Å²) in [6, 6.07) is 6.30. The molecule has 1 unspecified atom stereocenters. The molecule has 1 rings (SSSR count). The fourth-order valence-electron chi connectivity index (χ4n) is 2.57. The predicted molar refractivity (Wildman–Crippen MR) is 90.4 cm³/mol. The lowest BCUT2D eigenvalue weighted by atomic mass is 9.81. The molecule has 1 aromatic rings. The van der Waals surface area contributed by atoms with Crippen molar-refractivity contribution in [3.8, 4) is 0 Å². The number of rotatable bonds is 9. The lowest BCUT2D eigenvalue weighted by molar-refractivity contribution is -0.384. The zero-order valence-corrected chi connectivity index (χ0v) is 13.9. The van der Waals surface area contributed by atoms with Crippen molar-refractivity contribution in [2.45, 2.75) is 38.6 Å². The molecule has 6 heteroatoms. The van der Waals surface area contributed by atoms with Crippen LogP contribution < -0.4 is 5.32 Å². The van der Waals surface area contributed by atoms with Crippen LogP contribution in [0.2, 0.25) is 0 Å². The van der Waals surface area contributed by atoms with Gasteiger partial charge in [-0.3, -0.25) is 10.1 Å². The van der Waals surface area contributed by atoms with Crippen LogP contribution in [0.4, 0.5) is 11.4 Å². The molecule has 0 aromatic heterocycles. The minimum Gasteiger partial charge on any atom is -0.467 e. The quantitative estimate of drug-likeness (QED) is 0.245. The van der Waals surface area contributed by atoms with Crippen LogP contribution in [0.5, 0.6) is 0 Å². The summed E-state index contributed by atoms with van der Waals surface area (Å²) in [6.45, 7) is 7.48. The molecule has 1 N–H and O–H groups in total. The van der Waals surface area contributed by atoms with Gasteiger partial charge in [-0.1, -0.05) is 32.1 Å². The average molecular weight is 320 g/mol. The van der Waals surface area contributed by atoms with Crippen LogP contribution in [-0.4, -0.2) is 23.5 Å². The van der Waals surface area contributed by atoms with Gasteiger partial charge in [-0.15, -0.1) is 6.58 Å². The Morgan fingerprint density at radius 1 is 1.48 bits per heavy atom. The molecule has 0 aliphatic rings. The van der Waals surface area contributed by atoms with Crippen molar-refractivity contribution in [3.63, 3.8) is 0 Å². The molecule has 6 nitrogen and oxygen atoms in total. The number of carbonyl (C=O) groups is 1. The van der Waals surface area contributed by atoms with Gasteiger partial charge in [0.25, 0.3) is 5.69 Å². The number of hydrogen-bond acceptors (Lipinski definition) is 5. The molecule has 126 valence electrons. The minimum atomic E-state index is -1.02. The van der Waals surface area contributed by atoms with Crippen molar-refractivity contribution in [3.05, 3.63) is 47.0 Å². The van der Waals surface area contributed by atoms with E-state index in [0.717, 1.165) is 12.8 Å². The Bertz CT molecular complexity index is 571. The smallest absolute Gasteiger partial charge is 0.331 e. The monoisotopic (exact) mass is 320 g/mol. The van der Waals surface area contributed by atoms with Crippen LogP contribution in [0.25, 0.3) is 0 Å². The summed E-state index contributed by atoms with van der Waals surface area (Å²) in [5.74, 6) is -0.533. The largest absolute Gasteiger partial charge is 0.467 e. The number of unbranched alkanes of at least 4 members (excludes halogenated alkanes) is 1. The Morgan fingerprint density at radius 3 is 2.65 bits per heavy atom. The molecule has 0 fully saturated rings. The van der Waals surface area contributed by atoms with Crippen LogP contribution in [0.15, 0.2) is 36.9 Å². The molecule has 1 atom stereocenters. The molecular formula is C17H24N2O4. The number of benzene rings is 1. The highest BCUT2D eigenvalue weighted by atomic mass is 16.6. The van der Waals surface area contributed by atoms with Gasteiger partial charge in [-0.25, -0.2) is 4.79 Å². The van der Waals surface area contributed by atoms with Crippen molar-refractivity contribution >= 4 is 17.3 Å². The number of nitrogens with one attached hydrogen (secondary N) is 1. The van der Waals surface area contributed by atoms with Gasteiger partial charge in [-0.05, 0) is 31.2 Å². The summed E-state index contributed by atoms with van der Waals surface area (Å²) >= 11 is 0. The molecule has 0 amide bonds. The molecule has 0 radical (unpaired) electrons. The van der Waals surface area contributed by atoms with Gasteiger partial charge in [-0.2, -0.15) is 0 Å². The molecule has 0 spiro atoms. The normalized spacial score (nSPS) is 13.2. The maximum atomic E-state index is 12.5.